The molecule has 2 aromatic rings. The summed E-state index contributed by atoms with van der Waals surface area (Å²) >= 11 is 5.49. The van der Waals surface area contributed by atoms with Gasteiger partial charge < -0.3 is 0 Å². The molecule has 1 heterocycles. The summed E-state index contributed by atoms with van der Waals surface area (Å²) in [5.74, 6) is 6.17. The van der Waals surface area contributed by atoms with E-state index in [1.807, 2.05) is 36.1 Å². The standard InChI is InChI=1S/C11H9ClN2/c1-14-11-7-9(3-2-6-12)4-5-10(11)8-13-14/h4-5,7-8H,6H2,1H3. The molecule has 0 radical (unpaired) electrons. The lowest BCUT2D eigenvalue weighted by Gasteiger charge is -1.94. The number of benzene rings is 1. The van der Waals surface area contributed by atoms with Gasteiger partial charge in [-0.05, 0) is 18.2 Å². The number of nitrogens with zero attached hydrogens (tertiary/aromatic N) is 2. The Morgan fingerprint density at radius 1 is 1.50 bits per heavy atom. The van der Waals surface area contributed by atoms with E-state index >= 15 is 0 Å². The predicted molar refractivity (Wildman–Crippen MR) is 58.3 cm³/mol. The number of rotatable bonds is 0. The van der Waals surface area contributed by atoms with E-state index < -0.39 is 0 Å². The smallest absolute Gasteiger partial charge is 0.0839 e. The van der Waals surface area contributed by atoms with E-state index in [4.69, 9.17) is 11.6 Å². The zero-order valence-corrected chi connectivity index (χ0v) is 8.54. The number of hydrogen-bond donors (Lipinski definition) is 0. The second kappa shape index (κ2) is 3.73. The topological polar surface area (TPSA) is 17.8 Å². The van der Waals surface area contributed by atoms with E-state index in [1.54, 1.807) is 0 Å². The summed E-state index contributed by atoms with van der Waals surface area (Å²) in [6.07, 6.45) is 1.84. The van der Waals surface area contributed by atoms with Crippen molar-refractivity contribution in [3.8, 4) is 11.8 Å². The van der Waals surface area contributed by atoms with Crippen molar-refractivity contribution in [1.29, 1.82) is 0 Å². The van der Waals surface area contributed by atoms with E-state index in [0.29, 0.717) is 5.88 Å². The highest BCUT2D eigenvalue weighted by Crippen LogP contribution is 2.13. The number of aryl methyl sites for hydroxylation is 1. The molecule has 0 unspecified atom stereocenters. The zero-order chi connectivity index (χ0) is 9.97. The van der Waals surface area contributed by atoms with Crippen molar-refractivity contribution in [3.05, 3.63) is 30.0 Å². The monoisotopic (exact) mass is 204 g/mol. The summed E-state index contributed by atoms with van der Waals surface area (Å²) in [6, 6.07) is 6.01. The largest absolute Gasteiger partial charge is 0.268 e. The summed E-state index contributed by atoms with van der Waals surface area (Å²) in [4.78, 5) is 0. The van der Waals surface area contributed by atoms with Crippen molar-refractivity contribution in [1.82, 2.24) is 9.78 Å². The Morgan fingerprint density at radius 3 is 3.14 bits per heavy atom. The summed E-state index contributed by atoms with van der Waals surface area (Å²) in [5.41, 5.74) is 2.06. The van der Waals surface area contributed by atoms with Crippen LogP contribution in [0, 0.1) is 11.8 Å². The first kappa shape index (κ1) is 9.11. The average Bonchev–Trinajstić information content (AvgIpc) is 2.57. The number of hydrogen-bond acceptors (Lipinski definition) is 1. The maximum Gasteiger partial charge on any atom is 0.0839 e. The van der Waals surface area contributed by atoms with Gasteiger partial charge in [0.15, 0.2) is 0 Å². The molecule has 0 saturated heterocycles. The van der Waals surface area contributed by atoms with Gasteiger partial charge in [0.05, 0.1) is 17.6 Å². The molecule has 0 fully saturated rings. The van der Waals surface area contributed by atoms with Gasteiger partial charge in [-0.25, -0.2) is 0 Å². The van der Waals surface area contributed by atoms with Crippen molar-refractivity contribution in [3.63, 3.8) is 0 Å². The first-order chi connectivity index (χ1) is 6.81. The van der Waals surface area contributed by atoms with Crippen LogP contribution in [0.5, 0.6) is 0 Å². The Bertz CT molecular complexity index is 517. The highest BCUT2D eigenvalue weighted by molar-refractivity contribution is 6.19. The van der Waals surface area contributed by atoms with Gasteiger partial charge >= 0.3 is 0 Å². The predicted octanol–water partition coefficient (Wildman–Crippen LogP) is 2.16. The quantitative estimate of drug-likeness (QED) is 0.475. The van der Waals surface area contributed by atoms with Crippen LogP contribution in [0.1, 0.15) is 5.56 Å². The molecular formula is C11H9ClN2. The maximum atomic E-state index is 5.49. The van der Waals surface area contributed by atoms with E-state index in [-0.39, 0.29) is 0 Å². The van der Waals surface area contributed by atoms with Gasteiger partial charge in [-0.15, -0.1) is 11.6 Å². The summed E-state index contributed by atoms with van der Waals surface area (Å²) in [5, 5.41) is 5.29. The third-order valence-electron chi connectivity index (χ3n) is 2.05. The Labute approximate surface area is 87.5 Å². The van der Waals surface area contributed by atoms with Crippen molar-refractivity contribution in [2.75, 3.05) is 5.88 Å². The SMILES string of the molecule is Cn1ncc2ccc(C#CCCl)cc21. The van der Waals surface area contributed by atoms with Crippen molar-refractivity contribution in [2.24, 2.45) is 7.05 Å². The molecule has 0 aliphatic rings. The van der Waals surface area contributed by atoms with Gasteiger partial charge in [-0.1, -0.05) is 11.8 Å². The minimum absolute atomic E-state index is 0.365. The Balaban J connectivity index is 2.54. The molecule has 0 amide bonds. The molecule has 70 valence electrons. The first-order valence-electron chi connectivity index (χ1n) is 4.28. The lowest BCUT2D eigenvalue weighted by atomic mass is 10.2. The highest BCUT2D eigenvalue weighted by Gasteiger charge is 1.98. The van der Waals surface area contributed by atoms with Crippen LogP contribution in [-0.2, 0) is 7.05 Å². The van der Waals surface area contributed by atoms with Gasteiger partial charge in [-0.2, -0.15) is 5.10 Å². The molecule has 3 heteroatoms. The van der Waals surface area contributed by atoms with Crippen LogP contribution in [0.2, 0.25) is 0 Å². The van der Waals surface area contributed by atoms with Crippen molar-refractivity contribution < 1.29 is 0 Å². The Kier molecular flexibility index (Phi) is 2.43. The fourth-order valence-electron chi connectivity index (χ4n) is 1.36. The normalized spacial score (nSPS) is 9.86. The molecule has 0 spiro atoms. The molecule has 0 atom stereocenters. The lowest BCUT2D eigenvalue weighted by Crippen LogP contribution is -1.88. The molecule has 0 N–H and O–H groups in total. The maximum absolute atomic E-state index is 5.49. The lowest BCUT2D eigenvalue weighted by molar-refractivity contribution is 0.797. The number of aromatic nitrogens is 2. The molecule has 1 aromatic carbocycles. The number of fused-ring (bicyclic) bond motifs is 1. The Hall–Kier alpha value is -1.46. The molecule has 14 heavy (non-hydrogen) atoms. The van der Waals surface area contributed by atoms with Crippen LogP contribution in [-0.4, -0.2) is 15.7 Å². The molecule has 1 aromatic heterocycles. The summed E-state index contributed by atoms with van der Waals surface area (Å²) in [6.45, 7) is 0. The van der Waals surface area contributed by atoms with E-state index in [0.717, 1.165) is 16.5 Å². The molecule has 2 nitrogen and oxygen atoms in total. The van der Waals surface area contributed by atoms with Gasteiger partial charge in [-0.3, -0.25) is 4.68 Å². The minimum atomic E-state index is 0.365. The van der Waals surface area contributed by atoms with Gasteiger partial charge in [0.1, 0.15) is 0 Å². The molecule has 0 bridgehead atoms. The molecule has 2 rings (SSSR count). The van der Waals surface area contributed by atoms with Crippen LogP contribution in [0.25, 0.3) is 10.9 Å². The molecule has 0 aliphatic carbocycles. The molecule has 0 aliphatic heterocycles. The average molecular weight is 205 g/mol. The van der Waals surface area contributed by atoms with Gasteiger partial charge in [0.25, 0.3) is 0 Å². The van der Waals surface area contributed by atoms with Crippen LogP contribution in [0.15, 0.2) is 24.4 Å². The third-order valence-corrected chi connectivity index (χ3v) is 2.18. The van der Waals surface area contributed by atoms with Crippen molar-refractivity contribution >= 4 is 22.5 Å². The van der Waals surface area contributed by atoms with Crippen LogP contribution >= 0.6 is 11.6 Å². The number of alkyl halides is 1. The van der Waals surface area contributed by atoms with E-state index in [2.05, 4.69) is 16.9 Å². The van der Waals surface area contributed by atoms with E-state index in [9.17, 15) is 0 Å². The van der Waals surface area contributed by atoms with E-state index in [1.165, 1.54) is 0 Å². The summed E-state index contributed by atoms with van der Waals surface area (Å²) in [7, 11) is 1.92. The Morgan fingerprint density at radius 2 is 2.36 bits per heavy atom. The molecular weight excluding hydrogens is 196 g/mol. The highest BCUT2D eigenvalue weighted by atomic mass is 35.5. The third kappa shape index (κ3) is 1.59. The fraction of sp³-hybridized carbons (Fsp3) is 0.182. The van der Waals surface area contributed by atoms with Crippen LogP contribution < -0.4 is 0 Å². The van der Waals surface area contributed by atoms with Gasteiger partial charge in [0.2, 0.25) is 0 Å². The van der Waals surface area contributed by atoms with Crippen molar-refractivity contribution in [2.45, 2.75) is 0 Å². The zero-order valence-electron chi connectivity index (χ0n) is 7.79. The summed E-state index contributed by atoms with van der Waals surface area (Å²) < 4.78 is 1.83. The fourth-order valence-corrected chi connectivity index (χ4v) is 1.42. The first-order valence-corrected chi connectivity index (χ1v) is 4.81. The molecule has 0 saturated carbocycles. The van der Waals surface area contributed by atoms with Crippen LogP contribution in [0.4, 0.5) is 0 Å². The van der Waals surface area contributed by atoms with Gasteiger partial charge in [0, 0.05) is 18.0 Å². The van der Waals surface area contributed by atoms with Crippen LogP contribution in [0.3, 0.4) is 0 Å². The minimum Gasteiger partial charge on any atom is -0.268 e. The number of halogens is 1. The second-order valence-corrected chi connectivity index (χ2v) is 3.24. The second-order valence-electron chi connectivity index (χ2n) is 2.98.